The van der Waals surface area contributed by atoms with Gasteiger partial charge in [0.15, 0.2) is 0 Å². The van der Waals surface area contributed by atoms with Crippen molar-refractivity contribution in [1.29, 1.82) is 0 Å². The number of hydrogen-bond acceptors (Lipinski definition) is 5. The lowest BCUT2D eigenvalue weighted by molar-refractivity contribution is 0.0843. The van der Waals surface area contributed by atoms with Gasteiger partial charge in [-0.05, 0) is 19.9 Å². The molecule has 0 fully saturated rings. The number of nitrogens with one attached hydrogen (secondary N) is 1. The number of aromatic nitrogens is 1. The standard InChI is InChI=1S/C11H19N3O2S/c1-3-11(2,7-15)14-10(16)8-6-17-9(13-8)4-5-12/h6,15H,3-5,7,12H2,1-2H3,(H,14,16). The number of hydrogen-bond donors (Lipinski definition) is 3. The maximum Gasteiger partial charge on any atom is 0.271 e. The predicted octanol–water partition coefficient (Wildman–Crippen LogP) is 0.535. The minimum Gasteiger partial charge on any atom is -0.394 e. The zero-order valence-corrected chi connectivity index (χ0v) is 11.0. The van der Waals surface area contributed by atoms with Gasteiger partial charge in [0.1, 0.15) is 5.69 Å². The van der Waals surface area contributed by atoms with Crippen molar-refractivity contribution in [3.05, 3.63) is 16.1 Å². The van der Waals surface area contributed by atoms with Gasteiger partial charge in [0.25, 0.3) is 5.91 Å². The quantitative estimate of drug-likeness (QED) is 0.694. The molecule has 1 aromatic rings. The average molecular weight is 257 g/mol. The first-order valence-corrected chi connectivity index (χ1v) is 6.50. The molecule has 0 aromatic carbocycles. The van der Waals surface area contributed by atoms with Gasteiger partial charge in [0.2, 0.25) is 0 Å². The summed E-state index contributed by atoms with van der Waals surface area (Å²) in [7, 11) is 0. The molecule has 0 saturated heterocycles. The van der Waals surface area contributed by atoms with E-state index >= 15 is 0 Å². The molecule has 5 nitrogen and oxygen atoms in total. The van der Waals surface area contributed by atoms with E-state index in [-0.39, 0.29) is 12.5 Å². The molecule has 0 aliphatic rings. The fourth-order valence-corrected chi connectivity index (χ4v) is 2.03. The SMILES string of the molecule is CCC(C)(CO)NC(=O)c1csc(CCN)n1. The molecular formula is C11H19N3O2S. The average Bonchev–Trinajstić information content (AvgIpc) is 2.78. The van der Waals surface area contributed by atoms with Crippen LogP contribution in [0, 0.1) is 0 Å². The summed E-state index contributed by atoms with van der Waals surface area (Å²) in [6.45, 7) is 4.16. The van der Waals surface area contributed by atoms with E-state index in [9.17, 15) is 9.90 Å². The Labute approximate surface area is 105 Å². The van der Waals surface area contributed by atoms with Crippen LogP contribution in [0.2, 0.25) is 0 Å². The lowest BCUT2D eigenvalue weighted by Crippen LogP contribution is -2.48. The predicted molar refractivity (Wildman–Crippen MR) is 68.1 cm³/mol. The highest BCUT2D eigenvalue weighted by molar-refractivity contribution is 7.09. The van der Waals surface area contributed by atoms with Gasteiger partial charge in [0, 0.05) is 11.8 Å². The molecule has 1 heterocycles. The fourth-order valence-electron chi connectivity index (χ4n) is 1.23. The van der Waals surface area contributed by atoms with Crippen molar-refractivity contribution in [1.82, 2.24) is 10.3 Å². The molecule has 17 heavy (non-hydrogen) atoms. The Bertz CT molecular complexity index is 375. The molecule has 1 rings (SSSR count). The highest BCUT2D eigenvalue weighted by Crippen LogP contribution is 2.13. The van der Waals surface area contributed by atoms with Gasteiger partial charge in [-0.3, -0.25) is 4.79 Å². The Morgan fingerprint density at radius 3 is 2.94 bits per heavy atom. The van der Waals surface area contributed by atoms with E-state index in [4.69, 9.17) is 5.73 Å². The molecule has 0 aliphatic carbocycles. The number of rotatable bonds is 6. The van der Waals surface area contributed by atoms with E-state index in [1.165, 1.54) is 11.3 Å². The maximum absolute atomic E-state index is 11.9. The van der Waals surface area contributed by atoms with Crippen LogP contribution in [0.15, 0.2) is 5.38 Å². The van der Waals surface area contributed by atoms with E-state index in [0.717, 1.165) is 5.01 Å². The van der Waals surface area contributed by atoms with Crippen molar-refractivity contribution in [2.45, 2.75) is 32.2 Å². The van der Waals surface area contributed by atoms with Crippen LogP contribution in [0.5, 0.6) is 0 Å². The lowest BCUT2D eigenvalue weighted by Gasteiger charge is -2.26. The summed E-state index contributed by atoms with van der Waals surface area (Å²) in [6.07, 6.45) is 1.35. The van der Waals surface area contributed by atoms with Gasteiger partial charge >= 0.3 is 0 Å². The highest BCUT2D eigenvalue weighted by Gasteiger charge is 2.24. The summed E-state index contributed by atoms with van der Waals surface area (Å²) in [5.41, 5.74) is 5.23. The topological polar surface area (TPSA) is 88.2 Å². The number of thiazole rings is 1. The molecule has 0 saturated carbocycles. The third-order valence-electron chi connectivity index (χ3n) is 2.69. The Morgan fingerprint density at radius 2 is 2.41 bits per heavy atom. The van der Waals surface area contributed by atoms with Crippen LogP contribution in [0.3, 0.4) is 0 Å². The van der Waals surface area contributed by atoms with Gasteiger partial charge in [-0.15, -0.1) is 11.3 Å². The summed E-state index contributed by atoms with van der Waals surface area (Å²) in [5, 5.41) is 14.6. The van der Waals surface area contributed by atoms with Crippen LogP contribution in [-0.4, -0.2) is 34.7 Å². The van der Waals surface area contributed by atoms with Crippen molar-refractivity contribution in [2.24, 2.45) is 5.73 Å². The first kappa shape index (κ1) is 14.1. The van der Waals surface area contributed by atoms with Crippen molar-refractivity contribution in [2.75, 3.05) is 13.2 Å². The zero-order chi connectivity index (χ0) is 12.9. The number of aliphatic hydroxyl groups is 1. The van der Waals surface area contributed by atoms with E-state index in [2.05, 4.69) is 10.3 Å². The summed E-state index contributed by atoms with van der Waals surface area (Å²) >= 11 is 1.43. The summed E-state index contributed by atoms with van der Waals surface area (Å²) < 4.78 is 0. The Kier molecular flexibility index (Phi) is 5.04. The normalized spacial score (nSPS) is 14.4. The lowest BCUT2D eigenvalue weighted by atomic mass is 10.0. The molecule has 0 spiro atoms. The van der Waals surface area contributed by atoms with Crippen LogP contribution in [-0.2, 0) is 6.42 Å². The minimum atomic E-state index is -0.589. The van der Waals surface area contributed by atoms with E-state index in [1.54, 1.807) is 12.3 Å². The Morgan fingerprint density at radius 1 is 1.71 bits per heavy atom. The Balaban J connectivity index is 2.69. The number of amides is 1. The molecule has 0 radical (unpaired) electrons. The molecule has 0 aliphatic heterocycles. The second-order valence-corrected chi connectivity index (χ2v) is 5.13. The molecule has 1 amide bonds. The number of carbonyl (C=O) groups is 1. The van der Waals surface area contributed by atoms with E-state index in [1.807, 2.05) is 6.92 Å². The second-order valence-electron chi connectivity index (χ2n) is 4.19. The number of carbonyl (C=O) groups excluding carboxylic acids is 1. The second kappa shape index (κ2) is 6.09. The number of nitrogens with two attached hydrogens (primary N) is 1. The smallest absolute Gasteiger partial charge is 0.271 e. The minimum absolute atomic E-state index is 0.0883. The molecule has 1 aromatic heterocycles. The molecule has 1 atom stereocenters. The van der Waals surface area contributed by atoms with Crippen molar-refractivity contribution in [3.63, 3.8) is 0 Å². The monoisotopic (exact) mass is 257 g/mol. The molecular weight excluding hydrogens is 238 g/mol. The molecule has 6 heteroatoms. The maximum atomic E-state index is 11.9. The van der Waals surface area contributed by atoms with Crippen LogP contribution in [0.4, 0.5) is 0 Å². The molecule has 96 valence electrons. The van der Waals surface area contributed by atoms with Gasteiger partial charge in [0.05, 0.1) is 17.2 Å². The highest BCUT2D eigenvalue weighted by atomic mass is 32.1. The Hall–Kier alpha value is -0.980. The van der Waals surface area contributed by atoms with Crippen molar-refractivity contribution >= 4 is 17.2 Å². The fraction of sp³-hybridized carbons (Fsp3) is 0.636. The van der Waals surface area contributed by atoms with Gasteiger partial charge in [-0.2, -0.15) is 0 Å². The summed E-state index contributed by atoms with van der Waals surface area (Å²) in [6, 6.07) is 0. The van der Waals surface area contributed by atoms with Gasteiger partial charge in [-0.1, -0.05) is 6.92 Å². The summed E-state index contributed by atoms with van der Waals surface area (Å²) in [4.78, 5) is 16.1. The van der Waals surface area contributed by atoms with Gasteiger partial charge < -0.3 is 16.2 Å². The van der Waals surface area contributed by atoms with Gasteiger partial charge in [-0.25, -0.2) is 4.98 Å². The molecule has 4 N–H and O–H groups in total. The molecule has 1 unspecified atom stereocenters. The number of nitrogens with zero attached hydrogens (tertiary/aromatic N) is 1. The first-order valence-electron chi connectivity index (χ1n) is 5.62. The van der Waals surface area contributed by atoms with Crippen LogP contribution in [0.1, 0.15) is 35.8 Å². The van der Waals surface area contributed by atoms with Crippen molar-refractivity contribution < 1.29 is 9.90 Å². The third kappa shape index (κ3) is 3.76. The molecule has 0 bridgehead atoms. The number of aliphatic hydroxyl groups excluding tert-OH is 1. The largest absolute Gasteiger partial charge is 0.394 e. The zero-order valence-electron chi connectivity index (χ0n) is 10.2. The van der Waals surface area contributed by atoms with Crippen LogP contribution >= 0.6 is 11.3 Å². The first-order chi connectivity index (χ1) is 8.04. The summed E-state index contributed by atoms with van der Waals surface area (Å²) in [5.74, 6) is -0.247. The van der Waals surface area contributed by atoms with Crippen LogP contribution in [0.25, 0.3) is 0 Å². The van der Waals surface area contributed by atoms with E-state index < -0.39 is 5.54 Å². The van der Waals surface area contributed by atoms with E-state index in [0.29, 0.717) is 25.1 Å². The van der Waals surface area contributed by atoms with Crippen molar-refractivity contribution in [3.8, 4) is 0 Å². The third-order valence-corrected chi connectivity index (χ3v) is 3.60. The van der Waals surface area contributed by atoms with Crippen LogP contribution < -0.4 is 11.1 Å².